The van der Waals surface area contributed by atoms with E-state index in [0.717, 1.165) is 28.6 Å². The molecule has 0 saturated heterocycles. The second kappa shape index (κ2) is 5.20. The zero-order valence-corrected chi connectivity index (χ0v) is 12.6. The predicted molar refractivity (Wildman–Crippen MR) is 78.7 cm³/mol. The highest BCUT2D eigenvalue weighted by Crippen LogP contribution is 2.39. The molecule has 0 bridgehead atoms. The second-order valence-corrected chi connectivity index (χ2v) is 6.41. The van der Waals surface area contributed by atoms with Crippen molar-refractivity contribution in [3.63, 3.8) is 0 Å². The van der Waals surface area contributed by atoms with Gasteiger partial charge in [-0.3, -0.25) is 9.59 Å². The van der Waals surface area contributed by atoms with E-state index in [9.17, 15) is 9.59 Å². The van der Waals surface area contributed by atoms with Crippen LogP contribution >= 0.6 is 15.9 Å². The molecule has 106 valence electrons. The van der Waals surface area contributed by atoms with Crippen LogP contribution in [0.3, 0.4) is 0 Å². The molecule has 0 radical (unpaired) electrons. The van der Waals surface area contributed by atoms with Gasteiger partial charge < -0.3 is 10.0 Å². The number of hydrogen-bond donors (Lipinski definition) is 1. The summed E-state index contributed by atoms with van der Waals surface area (Å²) >= 11 is 3.45. The monoisotopic (exact) mass is 337 g/mol. The van der Waals surface area contributed by atoms with Crippen LogP contribution in [-0.4, -0.2) is 23.5 Å². The third-order valence-electron chi connectivity index (χ3n) is 4.33. The minimum absolute atomic E-state index is 0.0214. The van der Waals surface area contributed by atoms with Crippen LogP contribution in [0.4, 0.5) is 5.69 Å². The number of benzene rings is 1. The van der Waals surface area contributed by atoms with Gasteiger partial charge in [-0.2, -0.15) is 0 Å². The van der Waals surface area contributed by atoms with Crippen LogP contribution in [-0.2, 0) is 16.0 Å². The van der Waals surface area contributed by atoms with E-state index in [-0.39, 0.29) is 11.8 Å². The van der Waals surface area contributed by atoms with Gasteiger partial charge in [0.1, 0.15) is 0 Å². The average Bonchev–Trinajstić information content (AvgIpc) is 2.35. The Morgan fingerprint density at radius 2 is 2.00 bits per heavy atom. The predicted octanol–water partition coefficient (Wildman–Crippen LogP) is 2.84. The maximum atomic E-state index is 12.6. The molecule has 1 amide bonds. The number of carbonyl (C=O) groups is 2. The molecule has 1 saturated carbocycles. The van der Waals surface area contributed by atoms with Crippen molar-refractivity contribution >= 4 is 33.5 Å². The Labute approximate surface area is 125 Å². The van der Waals surface area contributed by atoms with Gasteiger partial charge in [0.15, 0.2) is 0 Å². The molecule has 1 aliphatic carbocycles. The normalized spacial score (nSPS) is 24.8. The lowest BCUT2D eigenvalue weighted by Gasteiger charge is -2.38. The number of fused-ring (bicyclic) bond motifs is 1. The molecule has 1 aliphatic heterocycles. The van der Waals surface area contributed by atoms with Gasteiger partial charge in [0.05, 0.1) is 11.8 Å². The van der Waals surface area contributed by atoms with Crippen LogP contribution in [0.25, 0.3) is 0 Å². The summed E-state index contributed by atoms with van der Waals surface area (Å²) in [6.45, 7) is 0.691. The van der Waals surface area contributed by atoms with Gasteiger partial charge in [-0.05, 0) is 49.4 Å². The molecule has 4 nitrogen and oxygen atoms in total. The van der Waals surface area contributed by atoms with Crippen molar-refractivity contribution in [1.82, 2.24) is 0 Å². The Morgan fingerprint density at radius 1 is 1.25 bits per heavy atom. The van der Waals surface area contributed by atoms with Crippen molar-refractivity contribution < 1.29 is 14.7 Å². The van der Waals surface area contributed by atoms with E-state index < -0.39 is 11.9 Å². The molecule has 1 heterocycles. The van der Waals surface area contributed by atoms with Crippen LogP contribution in [0.1, 0.15) is 24.8 Å². The van der Waals surface area contributed by atoms with E-state index in [0.29, 0.717) is 19.4 Å². The first-order valence-corrected chi connectivity index (χ1v) is 7.70. The van der Waals surface area contributed by atoms with Crippen LogP contribution in [0.2, 0.25) is 0 Å². The number of halogens is 1. The van der Waals surface area contributed by atoms with E-state index in [1.165, 1.54) is 0 Å². The quantitative estimate of drug-likeness (QED) is 0.902. The van der Waals surface area contributed by atoms with Crippen molar-refractivity contribution in [1.29, 1.82) is 0 Å². The van der Waals surface area contributed by atoms with Crippen molar-refractivity contribution in [2.75, 3.05) is 11.4 Å². The SMILES string of the molecule is O=C(O)C1CCC1C(=O)N1CCCc2cc(Br)ccc21. The first-order valence-electron chi connectivity index (χ1n) is 6.90. The number of amides is 1. The Bertz CT molecular complexity index is 572. The Morgan fingerprint density at radius 3 is 2.65 bits per heavy atom. The fraction of sp³-hybridized carbons (Fsp3) is 0.467. The highest BCUT2D eigenvalue weighted by molar-refractivity contribution is 9.10. The van der Waals surface area contributed by atoms with E-state index >= 15 is 0 Å². The number of carboxylic acids is 1. The van der Waals surface area contributed by atoms with E-state index in [4.69, 9.17) is 5.11 Å². The molecular formula is C15H16BrNO3. The molecule has 0 aromatic heterocycles. The molecule has 1 aromatic carbocycles. The molecular weight excluding hydrogens is 322 g/mol. The van der Waals surface area contributed by atoms with E-state index in [2.05, 4.69) is 15.9 Å². The lowest BCUT2D eigenvalue weighted by Crippen LogP contribution is -2.47. The first kappa shape index (κ1) is 13.6. The molecule has 2 atom stereocenters. The lowest BCUT2D eigenvalue weighted by molar-refractivity contribution is -0.152. The highest BCUT2D eigenvalue weighted by Gasteiger charge is 2.43. The fourth-order valence-electron chi connectivity index (χ4n) is 3.09. The number of aryl methyl sites for hydroxylation is 1. The second-order valence-electron chi connectivity index (χ2n) is 5.50. The smallest absolute Gasteiger partial charge is 0.307 e. The summed E-state index contributed by atoms with van der Waals surface area (Å²) < 4.78 is 1.01. The van der Waals surface area contributed by atoms with Gasteiger partial charge in [0.25, 0.3) is 0 Å². The Hall–Kier alpha value is -1.36. The van der Waals surface area contributed by atoms with E-state index in [1.54, 1.807) is 4.90 Å². The molecule has 3 rings (SSSR count). The van der Waals surface area contributed by atoms with Gasteiger partial charge in [-0.15, -0.1) is 0 Å². The molecule has 2 unspecified atom stereocenters. The zero-order chi connectivity index (χ0) is 14.3. The minimum Gasteiger partial charge on any atom is -0.481 e. The van der Waals surface area contributed by atoms with Crippen molar-refractivity contribution in [2.45, 2.75) is 25.7 Å². The molecule has 20 heavy (non-hydrogen) atoms. The maximum absolute atomic E-state index is 12.6. The largest absolute Gasteiger partial charge is 0.481 e. The number of aliphatic carboxylic acids is 1. The van der Waals surface area contributed by atoms with Gasteiger partial charge >= 0.3 is 5.97 Å². The summed E-state index contributed by atoms with van der Waals surface area (Å²) in [4.78, 5) is 25.5. The Kier molecular flexibility index (Phi) is 3.54. The number of rotatable bonds is 2. The average molecular weight is 338 g/mol. The standard InChI is InChI=1S/C15H16BrNO3/c16-10-3-6-13-9(8-10)2-1-7-17(13)14(18)11-4-5-12(11)15(19)20/h3,6,8,11-12H,1-2,4-5,7H2,(H,19,20). The number of carboxylic acid groups (broad SMARTS) is 1. The molecule has 0 spiro atoms. The van der Waals surface area contributed by atoms with Crippen LogP contribution < -0.4 is 4.90 Å². The fourth-order valence-corrected chi connectivity index (χ4v) is 3.49. The van der Waals surface area contributed by atoms with Crippen molar-refractivity contribution in [3.8, 4) is 0 Å². The lowest BCUT2D eigenvalue weighted by atomic mass is 9.72. The summed E-state index contributed by atoms with van der Waals surface area (Å²) in [7, 11) is 0. The topological polar surface area (TPSA) is 57.6 Å². The highest BCUT2D eigenvalue weighted by atomic mass is 79.9. The van der Waals surface area contributed by atoms with Crippen molar-refractivity contribution in [2.24, 2.45) is 11.8 Å². The zero-order valence-electron chi connectivity index (χ0n) is 11.0. The van der Waals surface area contributed by atoms with Crippen LogP contribution in [0.15, 0.2) is 22.7 Å². The minimum atomic E-state index is -0.845. The number of nitrogens with zero attached hydrogens (tertiary/aromatic N) is 1. The van der Waals surface area contributed by atoms with Gasteiger partial charge in [-0.1, -0.05) is 15.9 Å². The van der Waals surface area contributed by atoms with E-state index in [1.807, 2.05) is 18.2 Å². The summed E-state index contributed by atoms with van der Waals surface area (Å²) in [6.07, 6.45) is 3.20. The number of hydrogen-bond acceptors (Lipinski definition) is 2. The van der Waals surface area contributed by atoms with Crippen LogP contribution in [0, 0.1) is 11.8 Å². The van der Waals surface area contributed by atoms with Gasteiger partial charge in [0.2, 0.25) is 5.91 Å². The van der Waals surface area contributed by atoms with Gasteiger partial charge in [-0.25, -0.2) is 0 Å². The third kappa shape index (κ3) is 2.24. The maximum Gasteiger partial charge on any atom is 0.307 e. The summed E-state index contributed by atoms with van der Waals surface area (Å²) in [5.41, 5.74) is 2.10. The molecule has 1 fully saturated rings. The molecule has 1 N–H and O–H groups in total. The number of anilines is 1. The van der Waals surface area contributed by atoms with Crippen LogP contribution in [0.5, 0.6) is 0 Å². The van der Waals surface area contributed by atoms with Crippen molar-refractivity contribution in [3.05, 3.63) is 28.2 Å². The first-order chi connectivity index (χ1) is 9.58. The third-order valence-corrected chi connectivity index (χ3v) is 4.83. The molecule has 1 aromatic rings. The number of carbonyl (C=O) groups excluding carboxylic acids is 1. The van der Waals surface area contributed by atoms with Gasteiger partial charge in [0, 0.05) is 16.7 Å². The molecule has 5 heteroatoms. The Balaban J connectivity index is 1.85. The summed E-state index contributed by atoms with van der Waals surface area (Å²) in [5, 5.41) is 9.11. The molecule has 2 aliphatic rings. The summed E-state index contributed by atoms with van der Waals surface area (Å²) in [6, 6.07) is 5.93. The summed E-state index contributed by atoms with van der Waals surface area (Å²) in [5.74, 6) is -1.71.